The highest BCUT2D eigenvalue weighted by Gasteiger charge is 2.43. The highest BCUT2D eigenvalue weighted by molar-refractivity contribution is 7.13. The van der Waals surface area contributed by atoms with Gasteiger partial charge in [0.25, 0.3) is 0 Å². The second-order valence-electron chi connectivity index (χ2n) is 6.92. The van der Waals surface area contributed by atoms with Crippen molar-refractivity contribution in [1.82, 2.24) is 19.4 Å². The predicted octanol–water partition coefficient (Wildman–Crippen LogP) is 3.18. The molecule has 6 heteroatoms. The Labute approximate surface area is 150 Å². The molecular formula is C19H20N4OS. The molecule has 0 aliphatic carbocycles. The van der Waals surface area contributed by atoms with Crippen LogP contribution in [0.25, 0.3) is 10.6 Å². The topological polar surface area (TPSA) is 43.2 Å². The first-order valence-electron chi connectivity index (χ1n) is 8.65. The molecule has 1 spiro atoms. The zero-order valence-electron chi connectivity index (χ0n) is 14.0. The van der Waals surface area contributed by atoms with Crippen LogP contribution in [-0.2, 0) is 24.4 Å². The van der Waals surface area contributed by atoms with E-state index in [4.69, 9.17) is 4.74 Å². The number of hydrogen-bond acceptors (Lipinski definition) is 5. The first-order valence-corrected chi connectivity index (χ1v) is 9.53. The summed E-state index contributed by atoms with van der Waals surface area (Å²) in [4.78, 5) is 12.6. The van der Waals surface area contributed by atoms with Gasteiger partial charge in [0, 0.05) is 32.0 Å². The third-order valence-electron chi connectivity index (χ3n) is 5.19. The summed E-state index contributed by atoms with van der Waals surface area (Å²) in [6.45, 7) is 4.45. The van der Waals surface area contributed by atoms with E-state index in [9.17, 15) is 0 Å². The molecule has 1 fully saturated rings. The van der Waals surface area contributed by atoms with E-state index in [-0.39, 0.29) is 5.60 Å². The lowest BCUT2D eigenvalue weighted by molar-refractivity contribution is -0.0821. The van der Waals surface area contributed by atoms with Gasteiger partial charge in [-0.15, -0.1) is 11.3 Å². The number of pyridine rings is 1. The Morgan fingerprint density at radius 2 is 2.20 bits per heavy atom. The molecule has 5 heterocycles. The molecule has 2 aliphatic heterocycles. The molecule has 0 aromatic carbocycles. The van der Waals surface area contributed by atoms with Crippen molar-refractivity contribution < 1.29 is 4.74 Å². The Bertz CT molecular complexity index is 861. The average Bonchev–Trinajstić information content (AvgIpc) is 3.36. The number of thiophene rings is 1. The minimum atomic E-state index is -0.0953. The molecule has 5 rings (SSSR count). The van der Waals surface area contributed by atoms with E-state index in [2.05, 4.69) is 43.0 Å². The van der Waals surface area contributed by atoms with Crippen molar-refractivity contribution in [2.24, 2.45) is 0 Å². The maximum Gasteiger partial charge on any atom is 0.135 e. The van der Waals surface area contributed by atoms with Crippen molar-refractivity contribution >= 4 is 11.3 Å². The van der Waals surface area contributed by atoms with Crippen LogP contribution in [-0.4, -0.2) is 38.1 Å². The third kappa shape index (κ3) is 2.80. The quantitative estimate of drug-likeness (QED) is 0.726. The summed E-state index contributed by atoms with van der Waals surface area (Å²) >= 11 is 1.77. The fourth-order valence-corrected chi connectivity index (χ4v) is 4.68. The maximum absolute atomic E-state index is 6.31. The summed E-state index contributed by atoms with van der Waals surface area (Å²) in [6.07, 6.45) is 6.84. The Morgan fingerprint density at radius 3 is 3.04 bits per heavy atom. The Morgan fingerprint density at radius 1 is 1.20 bits per heavy atom. The lowest BCUT2D eigenvalue weighted by Gasteiger charge is -2.35. The molecular weight excluding hydrogens is 332 g/mol. The summed E-state index contributed by atoms with van der Waals surface area (Å²) in [7, 11) is 0. The number of likely N-dealkylation sites (tertiary alicyclic amines) is 1. The Hall–Kier alpha value is -2.02. The van der Waals surface area contributed by atoms with E-state index in [1.54, 1.807) is 11.3 Å². The maximum atomic E-state index is 6.31. The number of nitrogens with zero attached hydrogens (tertiary/aromatic N) is 4. The molecule has 5 nitrogen and oxygen atoms in total. The molecule has 0 N–H and O–H groups in total. The zero-order valence-corrected chi connectivity index (χ0v) is 14.8. The second kappa shape index (κ2) is 6.05. The SMILES string of the molecule is c1cncc(CN2CC[C@@]3(C2)Cn2c(-c4cccs4)cnc2CO3)c1. The molecule has 128 valence electrons. The smallest absolute Gasteiger partial charge is 0.135 e. The van der Waals surface area contributed by atoms with Crippen LogP contribution < -0.4 is 0 Å². The van der Waals surface area contributed by atoms with Crippen LogP contribution in [0.4, 0.5) is 0 Å². The van der Waals surface area contributed by atoms with Crippen molar-refractivity contribution in [1.29, 1.82) is 0 Å². The van der Waals surface area contributed by atoms with Gasteiger partial charge in [0.05, 0.1) is 23.3 Å². The summed E-state index contributed by atoms with van der Waals surface area (Å²) in [5.41, 5.74) is 2.39. The molecule has 0 unspecified atom stereocenters. The van der Waals surface area contributed by atoms with Crippen molar-refractivity contribution in [2.45, 2.75) is 31.7 Å². The highest BCUT2D eigenvalue weighted by Crippen LogP contribution is 2.36. The largest absolute Gasteiger partial charge is 0.364 e. The van der Waals surface area contributed by atoms with Gasteiger partial charge in [-0.3, -0.25) is 9.88 Å². The molecule has 25 heavy (non-hydrogen) atoms. The van der Waals surface area contributed by atoms with Crippen LogP contribution in [0.1, 0.15) is 17.8 Å². The molecule has 0 amide bonds. The number of fused-ring (bicyclic) bond motifs is 1. The first kappa shape index (κ1) is 15.3. The van der Waals surface area contributed by atoms with Gasteiger partial charge in [0.2, 0.25) is 0 Å². The number of hydrogen-bond donors (Lipinski definition) is 0. The van der Waals surface area contributed by atoms with Crippen LogP contribution in [0.3, 0.4) is 0 Å². The summed E-state index contributed by atoms with van der Waals surface area (Å²) < 4.78 is 8.68. The van der Waals surface area contributed by atoms with Gasteiger partial charge in [-0.1, -0.05) is 12.1 Å². The first-order chi connectivity index (χ1) is 12.3. The molecule has 0 saturated carbocycles. The second-order valence-corrected chi connectivity index (χ2v) is 7.86. The van der Waals surface area contributed by atoms with Gasteiger partial charge in [-0.25, -0.2) is 4.98 Å². The summed E-state index contributed by atoms with van der Waals surface area (Å²) in [5.74, 6) is 1.04. The molecule has 3 aromatic heterocycles. The predicted molar refractivity (Wildman–Crippen MR) is 97.2 cm³/mol. The minimum Gasteiger partial charge on any atom is -0.364 e. The number of imidazole rings is 1. The molecule has 1 atom stereocenters. The van der Waals surface area contributed by atoms with Crippen LogP contribution in [0.5, 0.6) is 0 Å². The van der Waals surface area contributed by atoms with Gasteiger partial charge in [0.1, 0.15) is 18.0 Å². The fourth-order valence-electron chi connectivity index (χ4n) is 3.94. The standard InChI is InChI=1S/C19H20N4OS/c1-3-15(9-20-6-1)11-22-7-5-19(13-22)14-23-16(17-4-2-8-25-17)10-21-18(23)12-24-19/h1-4,6,8-10H,5,7,11-14H2/t19-/m1/s1. The van der Waals surface area contributed by atoms with Crippen molar-refractivity contribution in [2.75, 3.05) is 13.1 Å². The van der Waals surface area contributed by atoms with E-state index >= 15 is 0 Å². The highest BCUT2D eigenvalue weighted by atomic mass is 32.1. The molecule has 2 aliphatic rings. The molecule has 0 radical (unpaired) electrons. The van der Waals surface area contributed by atoms with Gasteiger partial charge in [-0.2, -0.15) is 0 Å². The van der Waals surface area contributed by atoms with Crippen LogP contribution in [0.2, 0.25) is 0 Å². The number of aromatic nitrogens is 3. The van der Waals surface area contributed by atoms with Crippen molar-refractivity contribution in [3.63, 3.8) is 0 Å². The van der Waals surface area contributed by atoms with Crippen LogP contribution in [0, 0.1) is 0 Å². The van der Waals surface area contributed by atoms with Gasteiger partial charge in [-0.05, 0) is 29.5 Å². The average molecular weight is 352 g/mol. The van der Waals surface area contributed by atoms with E-state index in [1.807, 2.05) is 24.7 Å². The normalized spacial score (nSPS) is 23.2. The fraction of sp³-hybridized carbons (Fsp3) is 0.368. The van der Waals surface area contributed by atoms with E-state index in [0.29, 0.717) is 6.61 Å². The molecule has 1 saturated heterocycles. The third-order valence-corrected chi connectivity index (χ3v) is 6.08. The lowest BCUT2D eigenvalue weighted by atomic mass is 10.0. The van der Waals surface area contributed by atoms with Gasteiger partial charge >= 0.3 is 0 Å². The Kier molecular flexibility index (Phi) is 3.69. The van der Waals surface area contributed by atoms with Gasteiger partial charge in [0.15, 0.2) is 0 Å². The minimum absolute atomic E-state index is 0.0953. The molecule has 3 aromatic rings. The monoisotopic (exact) mass is 352 g/mol. The van der Waals surface area contributed by atoms with E-state index in [0.717, 1.165) is 38.4 Å². The summed E-state index contributed by atoms with van der Waals surface area (Å²) in [6, 6.07) is 8.41. The lowest BCUT2D eigenvalue weighted by Crippen LogP contribution is -2.44. The van der Waals surface area contributed by atoms with Crippen LogP contribution >= 0.6 is 11.3 Å². The van der Waals surface area contributed by atoms with E-state index < -0.39 is 0 Å². The van der Waals surface area contributed by atoms with Crippen LogP contribution in [0.15, 0.2) is 48.2 Å². The zero-order chi connectivity index (χ0) is 16.7. The van der Waals surface area contributed by atoms with Crippen molar-refractivity contribution in [3.8, 4) is 10.6 Å². The summed E-state index contributed by atoms with van der Waals surface area (Å²) in [5, 5.41) is 2.12. The van der Waals surface area contributed by atoms with Gasteiger partial charge < -0.3 is 9.30 Å². The van der Waals surface area contributed by atoms with Crippen molar-refractivity contribution in [3.05, 3.63) is 59.6 Å². The van der Waals surface area contributed by atoms with E-state index in [1.165, 1.54) is 16.1 Å². The Balaban J connectivity index is 1.36. The number of rotatable bonds is 3. The molecule has 0 bridgehead atoms. The number of ether oxygens (including phenoxy) is 1.